The highest BCUT2D eigenvalue weighted by Crippen LogP contribution is 2.22. The van der Waals surface area contributed by atoms with Gasteiger partial charge in [0.05, 0.1) is 12.1 Å². The lowest BCUT2D eigenvalue weighted by atomic mass is 10.1. The van der Waals surface area contributed by atoms with E-state index in [9.17, 15) is 4.79 Å². The van der Waals surface area contributed by atoms with Gasteiger partial charge >= 0.3 is 0 Å². The first-order chi connectivity index (χ1) is 9.10. The Balaban J connectivity index is 2.03. The van der Waals surface area contributed by atoms with Crippen LogP contribution in [0.5, 0.6) is 0 Å². The molecule has 0 aliphatic rings. The van der Waals surface area contributed by atoms with E-state index < -0.39 is 0 Å². The molecule has 0 unspecified atom stereocenters. The Morgan fingerprint density at radius 3 is 2.79 bits per heavy atom. The second-order valence-corrected chi connectivity index (χ2v) is 5.50. The molecule has 0 saturated carbocycles. The van der Waals surface area contributed by atoms with Crippen molar-refractivity contribution in [3.8, 4) is 0 Å². The molecule has 4 nitrogen and oxygen atoms in total. The van der Waals surface area contributed by atoms with Gasteiger partial charge in [0.2, 0.25) is 5.91 Å². The number of nitrogens with zero attached hydrogens (tertiary/aromatic N) is 1. The molecule has 1 aromatic carbocycles. The maximum absolute atomic E-state index is 11.9. The Morgan fingerprint density at radius 1 is 1.42 bits per heavy atom. The number of nitrogen functional groups attached to an aromatic ring is 1. The number of hydrogen-bond donors (Lipinski definition) is 2. The number of benzene rings is 1. The van der Waals surface area contributed by atoms with Crippen LogP contribution in [0.4, 0.5) is 10.8 Å². The highest BCUT2D eigenvalue weighted by molar-refractivity contribution is 7.15. The van der Waals surface area contributed by atoms with E-state index >= 15 is 0 Å². The zero-order chi connectivity index (χ0) is 13.8. The van der Waals surface area contributed by atoms with E-state index in [2.05, 4.69) is 17.2 Å². The minimum Gasteiger partial charge on any atom is -0.398 e. The molecule has 2 aromatic rings. The lowest BCUT2D eigenvalue weighted by molar-refractivity contribution is -0.115. The largest absolute Gasteiger partial charge is 0.398 e. The average molecular weight is 275 g/mol. The number of para-hydroxylation sites is 1. The average Bonchev–Trinajstić information content (AvgIpc) is 2.72. The Bertz CT molecular complexity index is 592. The highest BCUT2D eigenvalue weighted by atomic mass is 32.1. The van der Waals surface area contributed by atoms with Crippen molar-refractivity contribution in [3.63, 3.8) is 0 Å². The van der Waals surface area contributed by atoms with Crippen molar-refractivity contribution in [1.82, 2.24) is 4.98 Å². The summed E-state index contributed by atoms with van der Waals surface area (Å²) in [5.74, 6) is -0.0886. The van der Waals surface area contributed by atoms with Gasteiger partial charge in [-0.25, -0.2) is 4.98 Å². The Kier molecular flexibility index (Phi) is 4.16. The summed E-state index contributed by atoms with van der Waals surface area (Å²) in [6.45, 7) is 4.07. The number of amides is 1. The summed E-state index contributed by atoms with van der Waals surface area (Å²) < 4.78 is 0. The second-order valence-electron chi connectivity index (χ2n) is 4.30. The first-order valence-electron chi connectivity index (χ1n) is 6.19. The van der Waals surface area contributed by atoms with E-state index in [0.717, 1.165) is 22.6 Å². The summed E-state index contributed by atoms with van der Waals surface area (Å²) in [6, 6.07) is 7.39. The summed E-state index contributed by atoms with van der Waals surface area (Å²) in [5.41, 5.74) is 8.34. The van der Waals surface area contributed by atoms with E-state index in [1.807, 2.05) is 25.1 Å². The van der Waals surface area contributed by atoms with E-state index in [1.54, 1.807) is 6.07 Å². The van der Waals surface area contributed by atoms with Crippen LogP contribution >= 0.6 is 11.3 Å². The third kappa shape index (κ3) is 3.32. The molecule has 0 radical (unpaired) electrons. The minimum atomic E-state index is -0.0886. The molecule has 1 amide bonds. The van der Waals surface area contributed by atoms with Crippen molar-refractivity contribution in [1.29, 1.82) is 0 Å². The van der Waals surface area contributed by atoms with Gasteiger partial charge in [-0.2, -0.15) is 0 Å². The first-order valence-corrected chi connectivity index (χ1v) is 7.01. The quantitative estimate of drug-likeness (QED) is 0.843. The molecule has 0 spiro atoms. The fraction of sp³-hybridized carbons (Fsp3) is 0.286. The van der Waals surface area contributed by atoms with Gasteiger partial charge in [0.25, 0.3) is 0 Å². The molecule has 0 fully saturated rings. The van der Waals surface area contributed by atoms with Crippen molar-refractivity contribution in [3.05, 3.63) is 40.4 Å². The number of carbonyl (C=O) groups is 1. The standard InChI is InChI=1S/C14H17N3OS/c1-3-12-9(2)19-14(16-12)17-13(18)8-10-6-4-5-7-11(10)15/h4-7H,3,8,15H2,1-2H3,(H,16,17,18). The van der Waals surface area contributed by atoms with Gasteiger partial charge in [-0.05, 0) is 25.0 Å². The number of rotatable bonds is 4. The maximum atomic E-state index is 11.9. The van der Waals surface area contributed by atoms with Crippen molar-refractivity contribution in [2.24, 2.45) is 0 Å². The predicted molar refractivity (Wildman–Crippen MR) is 79.4 cm³/mol. The fourth-order valence-corrected chi connectivity index (χ4v) is 2.76. The summed E-state index contributed by atoms with van der Waals surface area (Å²) in [4.78, 5) is 17.5. The van der Waals surface area contributed by atoms with E-state index in [-0.39, 0.29) is 12.3 Å². The third-order valence-corrected chi connectivity index (χ3v) is 3.81. The molecule has 0 aliphatic carbocycles. The molecular weight excluding hydrogens is 258 g/mol. The van der Waals surface area contributed by atoms with Gasteiger partial charge in [0.15, 0.2) is 5.13 Å². The summed E-state index contributed by atoms with van der Waals surface area (Å²) in [7, 11) is 0. The molecule has 0 atom stereocenters. The van der Waals surface area contributed by atoms with E-state index in [4.69, 9.17) is 5.73 Å². The minimum absolute atomic E-state index is 0.0886. The summed E-state index contributed by atoms with van der Waals surface area (Å²) >= 11 is 1.51. The molecular formula is C14H17N3OS. The van der Waals surface area contributed by atoms with Crippen LogP contribution in [0, 0.1) is 6.92 Å². The van der Waals surface area contributed by atoms with Gasteiger partial charge in [-0.1, -0.05) is 25.1 Å². The molecule has 1 heterocycles. The van der Waals surface area contributed by atoms with Crippen molar-refractivity contribution >= 4 is 28.1 Å². The lowest BCUT2D eigenvalue weighted by Gasteiger charge is -2.04. The van der Waals surface area contributed by atoms with Crippen molar-refractivity contribution in [2.75, 3.05) is 11.1 Å². The molecule has 3 N–H and O–H groups in total. The summed E-state index contributed by atoms with van der Waals surface area (Å²) in [5, 5.41) is 3.49. The number of aromatic nitrogens is 1. The van der Waals surface area contributed by atoms with Crippen molar-refractivity contribution in [2.45, 2.75) is 26.7 Å². The third-order valence-electron chi connectivity index (χ3n) is 2.88. The van der Waals surface area contributed by atoms with Crippen LogP contribution in [-0.4, -0.2) is 10.9 Å². The van der Waals surface area contributed by atoms with Crippen LogP contribution in [0.3, 0.4) is 0 Å². The monoisotopic (exact) mass is 275 g/mol. The smallest absolute Gasteiger partial charge is 0.230 e. The summed E-state index contributed by atoms with van der Waals surface area (Å²) in [6.07, 6.45) is 1.15. The van der Waals surface area contributed by atoms with Crippen LogP contribution in [0.15, 0.2) is 24.3 Å². The van der Waals surface area contributed by atoms with Gasteiger partial charge in [0.1, 0.15) is 0 Å². The first kappa shape index (κ1) is 13.5. The Hall–Kier alpha value is -1.88. The van der Waals surface area contributed by atoms with E-state index in [1.165, 1.54) is 11.3 Å². The van der Waals surface area contributed by atoms with Crippen LogP contribution < -0.4 is 11.1 Å². The number of nitrogens with one attached hydrogen (secondary N) is 1. The predicted octanol–water partition coefficient (Wildman–Crippen LogP) is 2.78. The number of carbonyl (C=O) groups excluding carboxylic acids is 1. The lowest BCUT2D eigenvalue weighted by Crippen LogP contribution is -2.15. The van der Waals surface area contributed by atoms with E-state index in [0.29, 0.717) is 10.8 Å². The number of anilines is 2. The number of nitrogens with two attached hydrogens (primary N) is 1. The molecule has 100 valence electrons. The number of aryl methyl sites for hydroxylation is 2. The molecule has 0 aliphatic heterocycles. The van der Waals surface area contributed by atoms with Gasteiger partial charge in [0, 0.05) is 10.6 Å². The topological polar surface area (TPSA) is 68.0 Å². The molecule has 1 aromatic heterocycles. The number of hydrogen-bond acceptors (Lipinski definition) is 4. The van der Waals surface area contributed by atoms with Crippen LogP contribution in [0.2, 0.25) is 0 Å². The Morgan fingerprint density at radius 2 is 2.16 bits per heavy atom. The normalized spacial score (nSPS) is 10.4. The fourth-order valence-electron chi connectivity index (χ4n) is 1.84. The number of thiazole rings is 1. The molecule has 19 heavy (non-hydrogen) atoms. The van der Waals surface area contributed by atoms with Crippen LogP contribution in [-0.2, 0) is 17.6 Å². The molecule has 2 rings (SSSR count). The SMILES string of the molecule is CCc1nc(NC(=O)Cc2ccccc2N)sc1C. The highest BCUT2D eigenvalue weighted by Gasteiger charge is 2.10. The van der Waals surface area contributed by atoms with Gasteiger partial charge < -0.3 is 11.1 Å². The van der Waals surface area contributed by atoms with Gasteiger partial charge in [-0.15, -0.1) is 11.3 Å². The van der Waals surface area contributed by atoms with Crippen LogP contribution in [0.1, 0.15) is 23.1 Å². The maximum Gasteiger partial charge on any atom is 0.230 e. The zero-order valence-corrected chi connectivity index (χ0v) is 11.9. The van der Waals surface area contributed by atoms with Crippen LogP contribution in [0.25, 0.3) is 0 Å². The molecule has 5 heteroatoms. The zero-order valence-electron chi connectivity index (χ0n) is 11.1. The molecule has 0 saturated heterocycles. The van der Waals surface area contributed by atoms with Crippen molar-refractivity contribution < 1.29 is 4.79 Å². The second kappa shape index (κ2) is 5.84. The van der Waals surface area contributed by atoms with Gasteiger partial charge in [-0.3, -0.25) is 4.79 Å². The molecule has 0 bridgehead atoms. The Labute approximate surface area is 116 Å².